The molecule has 0 heterocycles. The SMILES string of the molecule is Cc1ccc(C(=O)O)cc1S(=O)(=O)NC(C)(C)CC(N)=O. The van der Waals surface area contributed by atoms with Crippen LogP contribution in [0.2, 0.25) is 0 Å². The molecule has 0 aliphatic carbocycles. The fourth-order valence-corrected chi connectivity index (χ4v) is 3.60. The monoisotopic (exact) mass is 314 g/mol. The molecule has 0 unspecified atom stereocenters. The van der Waals surface area contributed by atoms with Crippen LogP contribution in [0.5, 0.6) is 0 Å². The van der Waals surface area contributed by atoms with Crippen molar-refractivity contribution < 1.29 is 23.1 Å². The zero-order chi connectivity index (χ0) is 16.4. The first-order valence-electron chi connectivity index (χ1n) is 6.11. The molecular formula is C13H18N2O5S. The maximum Gasteiger partial charge on any atom is 0.335 e. The topological polar surface area (TPSA) is 127 Å². The number of amides is 1. The fourth-order valence-electron chi connectivity index (χ4n) is 1.91. The van der Waals surface area contributed by atoms with E-state index in [0.29, 0.717) is 5.56 Å². The molecule has 0 atom stereocenters. The van der Waals surface area contributed by atoms with Crippen molar-refractivity contribution in [3.63, 3.8) is 0 Å². The molecule has 1 aromatic rings. The number of carboxylic acid groups (broad SMARTS) is 1. The molecule has 0 aromatic heterocycles. The van der Waals surface area contributed by atoms with Gasteiger partial charge in [-0.25, -0.2) is 17.9 Å². The second-order valence-electron chi connectivity index (χ2n) is 5.42. The highest BCUT2D eigenvalue weighted by Crippen LogP contribution is 2.20. The maximum atomic E-state index is 12.4. The molecule has 0 spiro atoms. The summed E-state index contributed by atoms with van der Waals surface area (Å²) in [5.74, 6) is -1.86. The van der Waals surface area contributed by atoms with Crippen molar-refractivity contribution in [2.75, 3.05) is 0 Å². The third kappa shape index (κ3) is 4.54. The van der Waals surface area contributed by atoms with Gasteiger partial charge in [0.1, 0.15) is 0 Å². The molecule has 0 radical (unpaired) electrons. The first kappa shape index (κ1) is 17.1. The second-order valence-corrected chi connectivity index (χ2v) is 7.07. The minimum absolute atomic E-state index is 0.131. The third-order valence-corrected chi connectivity index (χ3v) is 4.59. The van der Waals surface area contributed by atoms with Gasteiger partial charge in [0, 0.05) is 12.0 Å². The lowest BCUT2D eigenvalue weighted by atomic mass is 10.0. The van der Waals surface area contributed by atoms with Gasteiger partial charge in [-0.1, -0.05) is 6.07 Å². The van der Waals surface area contributed by atoms with Gasteiger partial charge in [-0.15, -0.1) is 0 Å². The molecule has 7 nitrogen and oxygen atoms in total. The number of hydrogen-bond acceptors (Lipinski definition) is 4. The van der Waals surface area contributed by atoms with E-state index in [0.717, 1.165) is 6.07 Å². The average molecular weight is 314 g/mol. The van der Waals surface area contributed by atoms with Gasteiger partial charge in [0.2, 0.25) is 15.9 Å². The highest BCUT2D eigenvalue weighted by atomic mass is 32.2. The van der Waals surface area contributed by atoms with Crippen LogP contribution in [0.15, 0.2) is 23.1 Å². The number of carboxylic acids is 1. The van der Waals surface area contributed by atoms with Gasteiger partial charge in [-0.2, -0.15) is 0 Å². The molecule has 21 heavy (non-hydrogen) atoms. The van der Waals surface area contributed by atoms with Crippen LogP contribution in [0.3, 0.4) is 0 Å². The lowest BCUT2D eigenvalue weighted by Gasteiger charge is -2.25. The van der Waals surface area contributed by atoms with Gasteiger partial charge in [0.15, 0.2) is 0 Å². The van der Waals surface area contributed by atoms with Crippen molar-refractivity contribution in [3.8, 4) is 0 Å². The maximum absolute atomic E-state index is 12.4. The third-order valence-electron chi connectivity index (χ3n) is 2.75. The van der Waals surface area contributed by atoms with Crippen molar-refractivity contribution in [1.82, 2.24) is 4.72 Å². The van der Waals surface area contributed by atoms with E-state index in [-0.39, 0.29) is 16.9 Å². The number of carbonyl (C=O) groups is 2. The number of sulfonamides is 1. The van der Waals surface area contributed by atoms with Crippen molar-refractivity contribution in [1.29, 1.82) is 0 Å². The molecular weight excluding hydrogens is 296 g/mol. The van der Waals surface area contributed by atoms with Gasteiger partial charge >= 0.3 is 5.97 Å². The minimum Gasteiger partial charge on any atom is -0.478 e. The number of nitrogens with one attached hydrogen (secondary N) is 1. The van der Waals surface area contributed by atoms with Crippen molar-refractivity contribution in [2.45, 2.75) is 37.6 Å². The summed E-state index contributed by atoms with van der Waals surface area (Å²) in [5, 5.41) is 8.94. The van der Waals surface area contributed by atoms with Gasteiger partial charge in [-0.3, -0.25) is 4.79 Å². The Labute approximate surface area is 123 Å². The van der Waals surface area contributed by atoms with Gasteiger partial charge in [0.25, 0.3) is 0 Å². The van der Waals surface area contributed by atoms with Gasteiger partial charge in [0.05, 0.1) is 10.5 Å². The normalized spacial score (nSPS) is 12.1. The highest BCUT2D eigenvalue weighted by molar-refractivity contribution is 7.89. The molecule has 1 rings (SSSR count). The van der Waals surface area contributed by atoms with Crippen molar-refractivity contribution in [3.05, 3.63) is 29.3 Å². The number of aryl methyl sites for hydroxylation is 1. The molecule has 0 saturated carbocycles. The quantitative estimate of drug-likeness (QED) is 0.709. The van der Waals surface area contributed by atoms with Crippen LogP contribution >= 0.6 is 0 Å². The second kappa shape index (κ2) is 5.82. The van der Waals surface area contributed by atoms with E-state index in [4.69, 9.17) is 10.8 Å². The Morgan fingerprint density at radius 1 is 1.33 bits per heavy atom. The summed E-state index contributed by atoms with van der Waals surface area (Å²) in [5.41, 5.74) is 4.28. The predicted molar refractivity (Wildman–Crippen MR) is 76.4 cm³/mol. The number of nitrogens with two attached hydrogens (primary N) is 1. The predicted octanol–water partition coefficient (Wildman–Crippen LogP) is 0.626. The number of benzene rings is 1. The largest absolute Gasteiger partial charge is 0.478 e. The van der Waals surface area contributed by atoms with Crippen LogP contribution in [-0.2, 0) is 14.8 Å². The van der Waals surface area contributed by atoms with Gasteiger partial charge < -0.3 is 10.8 Å². The lowest BCUT2D eigenvalue weighted by molar-refractivity contribution is -0.119. The summed E-state index contributed by atoms with van der Waals surface area (Å²) in [6, 6.07) is 3.82. The standard InChI is InChI=1S/C13H18N2O5S/c1-8-4-5-9(12(17)18)6-10(8)21(19,20)15-13(2,3)7-11(14)16/h4-6,15H,7H2,1-3H3,(H2,14,16)(H,17,18). The zero-order valence-electron chi connectivity index (χ0n) is 12.0. The average Bonchev–Trinajstić information content (AvgIpc) is 2.24. The van der Waals surface area contributed by atoms with E-state index in [1.165, 1.54) is 26.0 Å². The lowest BCUT2D eigenvalue weighted by Crippen LogP contribution is -2.46. The Bertz CT molecular complexity index is 680. The van der Waals surface area contributed by atoms with Crippen LogP contribution in [-0.4, -0.2) is 30.9 Å². The molecule has 0 saturated heterocycles. The summed E-state index contributed by atoms with van der Waals surface area (Å²) in [4.78, 5) is 21.8. The summed E-state index contributed by atoms with van der Waals surface area (Å²) in [6.07, 6.45) is -0.177. The molecule has 1 amide bonds. The molecule has 8 heteroatoms. The number of primary amides is 1. The molecule has 0 bridgehead atoms. The smallest absolute Gasteiger partial charge is 0.335 e. The van der Waals surface area contributed by atoms with E-state index < -0.39 is 27.4 Å². The van der Waals surface area contributed by atoms with E-state index >= 15 is 0 Å². The summed E-state index contributed by atoms with van der Waals surface area (Å²) in [6.45, 7) is 4.60. The zero-order valence-corrected chi connectivity index (χ0v) is 12.8. The van der Waals surface area contributed by atoms with Crippen LogP contribution in [0.4, 0.5) is 0 Å². The number of aromatic carboxylic acids is 1. The highest BCUT2D eigenvalue weighted by Gasteiger charge is 2.29. The first-order chi connectivity index (χ1) is 9.44. The van der Waals surface area contributed by atoms with Crippen LogP contribution in [0.1, 0.15) is 36.2 Å². The Balaban J connectivity index is 3.22. The Morgan fingerprint density at radius 2 is 1.90 bits per heavy atom. The first-order valence-corrected chi connectivity index (χ1v) is 7.59. The Hall–Kier alpha value is -1.93. The van der Waals surface area contributed by atoms with Gasteiger partial charge in [-0.05, 0) is 38.5 Å². The van der Waals surface area contributed by atoms with E-state index in [1.807, 2.05) is 0 Å². The number of hydrogen-bond donors (Lipinski definition) is 3. The fraction of sp³-hybridized carbons (Fsp3) is 0.385. The summed E-state index contributed by atoms with van der Waals surface area (Å²) >= 11 is 0. The molecule has 1 aromatic carbocycles. The van der Waals surface area contributed by atoms with E-state index in [1.54, 1.807) is 6.92 Å². The number of carbonyl (C=O) groups excluding carboxylic acids is 1. The van der Waals surface area contributed by atoms with Crippen molar-refractivity contribution in [2.24, 2.45) is 5.73 Å². The van der Waals surface area contributed by atoms with Crippen LogP contribution in [0, 0.1) is 6.92 Å². The minimum atomic E-state index is -3.97. The Morgan fingerprint density at radius 3 is 2.38 bits per heavy atom. The molecule has 0 aliphatic heterocycles. The van der Waals surface area contributed by atoms with Crippen LogP contribution < -0.4 is 10.5 Å². The molecule has 0 aliphatic rings. The number of rotatable bonds is 6. The molecule has 4 N–H and O–H groups in total. The summed E-state index contributed by atoms with van der Waals surface area (Å²) < 4.78 is 27.1. The van der Waals surface area contributed by atoms with E-state index in [9.17, 15) is 18.0 Å². The van der Waals surface area contributed by atoms with Crippen molar-refractivity contribution >= 4 is 21.9 Å². The Kier molecular flexibility index (Phi) is 4.75. The van der Waals surface area contributed by atoms with Crippen LogP contribution in [0.25, 0.3) is 0 Å². The molecule has 0 fully saturated rings. The van der Waals surface area contributed by atoms with E-state index in [2.05, 4.69) is 4.72 Å². The summed E-state index contributed by atoms with van der Waals surface area (Å²) in [7, 11) is -3.97. The molecule has 116 valence electrons.